The summed E-state index contributed by atoms with van der Waals surface area (Å²) in [4.78, 5) is 0. The molecule has 0 saturated carbocycles. The highest BCUT2D eigenvalue weighted by Crippen LogP contribution is 2.36. The van der Waals surface area contributed by atoms with Gasteiger partial charge in [-0.15, -0.1) is 0 Å². The van der Waals surface area contributed by atoms with Gasteiger partial charge in [-0.2, -0.15) is 0 Å². The van der Waals surface area contributed by atoms with Crippen LogP contribution in [0, 0.1) is 0 Å². The normalized spacial score (nSPS) is 23.2. The molecule has 0 unspecified atom stereocenters. The quantitative estimate of drug-likeness (QED) is 0.656. The molecule has 2 rings (SSSR count). The van der Waals surface area contributed by atoms with E-state index in [2.05, 4.69) is 26.1 Å². The first-order valence-corrected chi connectivity index (χ1v) is 6.73. The van der Waals surface area contributed by atoms with Gasteiger partial charge in [-0.25, -0.2) is 0 Å². The Bertz CT molecular complexity index is 465. The smallest absolute Gasteiger partial charge is 0.121 e. The SMILES string of the molecule is CC(C)(C)N[C@H]1CCc2c(ccc(O)c2CO)[C@H]1O. The van der Waals surface area contributed by atoms with Crippen molar-refractivity contribution in [1.29, 1.82) is 0 Å². The van der Waals surface area contributed by atoms with E-state index in [-0.39, 0.29) is 23.9 Å². The van der Waals surface area contributed by atoms with Crippen molar-refractivity contribution in [2.24, 2.45) is 0 Å². The number of aliphatic hydroxyl groups excluding tert-OH is 2. The average molecular weight is 265 g/mol. The van der Waals surface area contributed by atoms with Crippen LogP contribution in [0.15, 0.2) is 12.1 Å². The van der Waals surface area contributed by atoms with Gasteiger partial charge >= 0.3 is 0 Å². The van der Waals surface area contributed by atoms with Crippen LogP contribution in [0.4, 0.5) is 0 Å². The third-order valence-corrected chi connectivity index (χ3v) is 3.62. The Morgan fingerprint density at radius 3 is 2.58 bits per heavy atom. The van der Waals surface area contributed by atoms with Crippen LogP contribution in [-0.4, -0.2) is 26.9 Å². The fourth-order valence-electron chi connectivity index (χ4n) is 2.83. The Balaban J connectivity index is 2.32. The number of phenols is 1. The summed E-state index contributed by atoms with van der Waals surface area (Å²) < 4.78 is 0. The summed E-state index contributed by atoms with van der Waals surface area (Å²) in [7, 11) is 0. The van der Waals surface area contributed by atoms with Crippen molar-refractivity contribution in [2.45, 2.75) is 57.9 Å². The third kappa shape index (κ3) is 2.91. The highest BCUT2D eigenvalue weighted by Gasteiger charge is 2.32. The molecule has 0 saturated heterocycles. The summed E-state index contributed by atoms with van der Waals surface area (Å²) >= 11 is 0. The van der Waals surface area contributed by atoms with E-state index in [1.165, 1.54) is 0 Å². The maximum atomic E-state index is 10.5. The lowest BCUT2D eigenvalue weighted by Crippen LogP contribution is -2.48. The van der Waals surface area contributed by atoms with Crippen LogP contribution in [0.2, 0.25) is 0 Å². The second-order valence-electron chi connectivity index (χ2n) is 6.27. The molecule has 106 valence electrons. The lowest BCUT2D eigenvalue weighted by Gasteiger charge is -2.36. The van der Waals surface area contributed by atoms with Crippen LogP contribution < -0.4 is 5.32 Å². The minimum Gasteiger partial charge on any atom is -0.508 e. The fraction of sp³-hybridized carbons (Fsp3) is 0.600. The van der Waals surface area contributed by atoms with Crippen molar-refractivity contribution in [3.05, 3.63) is 28.8 Å². The maximum Gasteiger partial charge on any atom is 0.121 e. The highest BCUT2D eigenvalue weighted by molar-refractivity contribution is 5.46. The first-order chi connectivity index (χ1) is 8.83. The molecule has 0 spiro atoms. The van der Waals surface area contributed by atoms with Gasteiger partial charge in [0.25, 0.3) is 0 Å². The number of aliphatic hydroxyl groups is 2. The zero-order chi connectivity index (χ0) is 14.2. The van der Waals surface area contributed by atoms with Crippen LogP contribution >= 0.6 is 0 Å². The Morgan fingerprint density at radius 2 is 2.00 bits per heavy atom. The first kappa shape index (κ1) is 14.3. The van der Waals surface area contributed by atoms with E-state index in [1.54, 1.807) is 12.1 Å². The molecule has 1 aromatic carbocycles. The zero-order valence-electron chi connectivity index (χ0n) is 11.8. The molecule has 1 aromatic rings. The summed E-state index contributed by atoms with van der Waals surface area (Å²) in [6, 6.07) is 3.31. The lowest BCUT2D eigenvalue weighted by molar-refractivity contribution is 0.0993. The average Bonchev–Trinajstić information content (AvgIpc) is 2.31. The van der Waals surface area contributed by atoms with E-state index in [0.717, 1.165) is 24.0 Å². The second kappa shape index (κ2) is 5.12. The Hall–Kier alpha value is -1.10. The minimum absolute atomic E-state index is 0.00332. The van der Waals surface area contributed by atoms with Crippen LogP contribution in [0.3, 0.4) is 0 Å². The predicted octanol–water partition coefficient (Wildman–Crippen LogP) is 1.62. The molecule has 0 radical (unpaired) electrons. The molecule has 0 heterocycles. The van der Waals surface area contributed by atoms with E-state index in [4.69, 9.17) is 0 Å². The van der Waals surface area contributed by atoms with Gasteiger partial charge < -0.3 is 20.6 Å². The molecule has 0 aliphatic heterocycles. The van der Waals surface area contributed by atoms with Crippen LogP contribution in [0.1, 0.15) is 50.0 Å². The Labute approximate surface area is 114 Å². The predicted molar refractivity (Wildman–Crippen MR) is 74.0 cm³/mol. The molecule has 2 atom stereocenters. The number of fused-ring (bicyclic) bond motifs is 1. The van der Waals surface area contributed by atoms with Crippen molar-refractivity contribution in [1.82, 2.24) is 5.32 Å². The summed E-state index contributed by atoms with van der Waals surface area (Å²) in [6.45, 7) is 6.03. The van der Waals surface area contributed by atoms with E-state index in [0.29, 0.717) is 5.56 Å². The molecule has 4 N–H and O–H groups in total. The van der Waals surface area contributed by atoms with E-state index in [9.17, 15) is 15.3 Å². The summed E-state index contributed by atoms with van der Waals surface area (Å²) in [6.07, 6.45) is 0.945. The van der Waals surface area contributed by atoms with Gasteiger partial charge in [0.2, 0.25) is 0 Å². The molecule has 1 aliphatic rings. The van der Waals surface area contributed by atoms with E-state index < -0.39 is 6.10 Å². The van der Waals surface area contributed by atoms with Gasteiger partial charge in [-0.1, -0.05) is 6.07 Å². The highest BCUT2D eigenvalue weighted by atomic mass is 16.3. The van der Waals surface area contributed by atoms with E-state index in [1.807, 2.05) is 0 Å². The molecule has 1 aliphatic carbocycles. The molecular formula is C15H23NO3. The summed E-state index contributed by atoms with van der Waals surface area (Å²) in [5, 5.41) is 33.0. The van der Waals surface area contributed by atoms with E-state index >= 15 is 0 Å². The van der Waals surface area contributed by atoms with Crippen LogP contribution in [-0.2, 0) is 13.0 Å². The molecular weight excluding hydrogens is 242 g/mol. The number of rotatable bonds is 2. The van der Waals surface area contributed by atoms with Gasteiger partial charge in [-0.05, 0) is 50.8 Å². The zero-order valence-corrected chi connectivity index (χ0v) is 11.8. The molecule has 0 fully saturated rings. The summed E-state index contributed by atoms with van der Waals surface area (Å²) in [5.74, 6) is 0.107. The fourth-order valence-corrected chi connectivity index (χ4v) is 2.83. The van der Waals surface area contributed by atoms with Crippen molar-refractivity contribution in [2.75, 3.05) is 0 Å². The molecule has 0 bridgehead atoms. The molecule has 0 aromatic heterocycles. The van der Waals surface area contributed by atoms with Crippen LogP contribution in [0.25, 0.3) is 0 Å². The second-order valence-corrected chi connectivity index (χ2v) is 6.27. The van der Waals surface area contributed by atoms with Gasteiger partial charge in [-0.3, -0.25) is 0 Å². The lowest BCUT2D eigenvalue weighted by atomic mass is 9.82. The Kier molecular flexibility index (Phi) is 3.85. The number of hydrogen-bond donors (Lipinski definition) is 4. The molecule has 0 amide bonds. The number of nitrogens with one attached hydrogen (secondary N) is 1. The van der Waals surface area contributed by atoms with Crippen molar-refractivity contribution >= 4 is 0 Å². The van der Waals surface area contributed by atoms with Crippen molar-refractivity contribution in [3.63, 3.8) is 0 Å². The van der Waals surface area contributed by atoms with Gasteiger partial charge in [0.05, 0.1) is 12.7 Å². The maximum absolute atomic E-state index is 10.5. The number of aromatic hydroxyl groups is 1. The standard InChI is InChI=1S/C15H23NO3/c1-15(2,3)16-12-6-4-9-10(14(12)19)5-7-13(18)11(9)8-17/h5,7,12,14,16-19H,4,6,8H2,1-3H3/t12-,14+/m0/s1. The Morgan fingerprint density at radius 1 is 1.32 bits per heavy atom. The van der Waals surface area contributed by atoms with Gasteiger partial charge in [0.15, 0.2) is 0 Å². The van der Waals surface area contributed by atoms with Crippen LogP contribution in [0.5, 0.6) is 5.75 Å². The van der Waals surface area contributed by atoms with Gasteiger partial charge in [0.1, 0.15) is 5.75 Å². The summed E-state index contributed by atoms with van der Waals surface area (Å²) in [5.41, 5.74) is 2.20. The van der Waals surface area contributed by atoms with Crippen molar-refractivity contribution in [3.8, 4) is 5.75 Å². The molecule has 19 heavy (non-hydrogen) atoms. The van der Waals surface area contributed by atoms with Crippen molar-refractivity contribution < 1.29 is 15.3 Å². The monoisotopic (exact) mass is 265 g/mol. The number of benzene rings is 1. The van der Waals surface area contributed by atoms with Gasteiger partial charge in [0, 0.05) is 17.1 Å². The third-order valence-electron chi connectivity index (χ3n) is 3.62. The first-order valence-electron chi connectivity index (χ1n) is 6.73. The topological polar surface area (TPSA) is 72.7 Å². The number of hydrogen-bond acceptors (Lipinski definition) is 4. The molecule has 4 nitrogen and oxygen atoms in total. The largest absolute Gasteiger partial charge is 0.508 e. The molecule has 4 heteroatoms. The minimum atomic E-state index is -0.603.